The Kier molecular flexibility index (Phi) is 7.50. The van der Waals surface area contributed by atoms with Gasteiger partial charge in [0, 0.05) is 35.7 Å². The number of benzene rings is 3. The van der Waals surface area contributed by atoms with Crippen LogP contribution in [0.5, 0.6) is 11.5 Å². The van der Waals surface area contributed by atoms with E-state index < -0.39 is 17.6 Å². The number of nitrogens with zero attached hydrogens (tertiary/aromatic N) is 2. The smallest absolute Gasteiger partial charge is 0.212 e. The number of phenolic OH excluding ortho intramolecular Hbond substituents is 1. The first kappa shape index (κ1) is 26.2. The van der Waals surface area contributed by atoms with E-state index in [1.165, 1.54) is 12.1 Å². The molecule has 1 aromatic heterocycles. The van der Waals surface area contributed by atoms with Gasteiger partial charge in [0.15, 0.2) is 12.0 Å². The van der Waals surface area contributed by atoms with Crippen molar-refractivity contribution >= 4 is 17.7 Å². The van der Waals surface area contributed by atoms with Crippen LogP contribution >= 0.6 is 0 Å². The molecule has 1 atom stereocenters. The number of halogens is 2. The van der Waals surface area contributed by atoms with Gasteiger partial charge in [-0.25, -0.2) is 8.78 Å². The van der Waals surface area contributed by atoms with Gasteiger partial charge < -0.3 is 9.84 Å². The number of carbonyl (C=O) groups excluding carboxylic acids is 1. The summed E-state index contributed by atoms with van der Waals surface area (Å²) >= 11 is 0. The molecule has 0 saturated heterocycles. The maximum absolute atomic E-state index is 14.1. The molecule has 5 rings (SSSR count). The second-order valence-electron chi connectivity index (χ2n) is 9.87. The molecule has 1 aliphatic rings. The first-order chi connectivity index (χ1) is 18.8. The van der Waals surface area contributed by atoms with Crippen LogP contribution in [0, 0.1) is 18.6 Å². The third-order valence-electron chi connectivity index (χ3n) is 7.08. The lowest BCUT2D eigenvalue weighted by Crippen LogP contribution is -2.20. The number of rotatable bonds is 9. The third kappa shape index (κ3) is 5.87. The van der Waals surface area contributed by atoms with Crippen LogP contribution in [0.4, 0.5) is 14.5 Å². The van der Waals surface area contributed by atoms with Gasteiger partial charge in [0.05, 0.1) is 25.3 Å². The number of aromatic hydroxyl groups is 1. The summed E-state index contributed by atoms with van der Waals surface area (Å²) in [5.41, 5.74) is 5.76. The number of pyridine rings is 1. The Bertz CT molecular complexity index is 1560. The quantitative estimate of drug-likeness (QED) is 0.259. The van der Waals surface area contributed by atoms with Crippen LogP contribution < -0.4 is 4.74 Å². The molecule has 5 nitrogen and oxygen atoms in total. The van der Waals surface area contributed by atoms with Crippen molar-refractivity contribution in [3.63, 3.8) is 0 Å². The minimum atomic E-state index is -0.662. The molecule has 198 valence electrons. The fraction of sp³-hybridized carbons (Fsp3) is 0.219. The second-order valence-corrected chi connectivity index (χ2v) is 9.87. The van der Waals surface area contributed by atoms with E-state index in [-0.39, 0.29) is 30.9 Å². The average Bonchev–Trinajstić information content (AvgIpc) is 3.29. The molecule has 1 unspecified atom stereocenters. The lowest BCUT2D eigenvalue weighted by Gasteiger charge is -2.20. The first-order valence-corrected chi connectivity index (χ1v) is 12.8. The van der Waals surface area contributed by atoms with Crippen LogP contribution in [0.25, 0.3) is 11.1 Å². The molecule has 0 amide bonds. The highest BCUT2D eigenvalue weighted by molar-refractivity contribution is 5.82. The number of hydrogen-bond donors (Lipinski definition) is 1. The number of fused-ring (bicyclic) bond motifs is 1. The number of carbonyl (C=O) groups is 1. The first-order valence-electron chi connectivity index (χ1n) is 12.8. The Morgan fingerprint density at radius 3 is 2.59 bits per heavy atom. The van der Waals surface area contributed by atoms with Crippen molar-refractivity contribution in [3.05, 3.63) is 107 Å². The highest BCUT2D eigenvalue weighted by Gasteiger charge is 2.28. The van der Waals surface area contributed by atoms with Gasteiger partial charge in [0.2, 0.25) is 12.2 Å². The average molecular weight is 528 g/mol. The van der Waals surface area contributed by atoms with Gasteiger partial charge in [-0.15, -0.1) is 0 Å². The van der Waals surface area contributed by atoms with E-state index in [4.69, 9.17) is 4.74 Å². The summed E-state index contributed by atoms with van der Waals surface area (Å²) in [6, 6.07) is 18.1. The molecule has 0 bridgehead atoms. The molecule has 0 radical (unpaired) electrons. The largest absolute Gasteiger partial charge is 0.508 e. The van der Waals surface area contributed by atoms with Crippen molar-refractivity contribution in [3.8, 4) is 22.6 Å². The molecular weight excluding hydrogens is 498 g/mol. The molecule has 1 aliphatic heterocycles. The number of methoxy groups -OCH3 is 1. The van der Waals surface area contributed by atoms with Crippen LogP contribution in [-0.4, -0.2) is 40.3 Å². The fourth-order valence-electron chi connectivity index (χ4n) is 5.29. The summed E-state index contributed by atoms with van der Waals surface area (Å²) in [4.78, 5) is 18.2. The zero-order valence-corrected chi connectivity index (χ0v) is 21.8. The van der Waals surface area contributed by atoms with E-state index in [2.05, 4.69) is 4.98 Å². The van der Waals surface area contributed by atoms with E-state index in [0.717, 1.165) is 39.8 Å². The van der Waals surface area contributed by atoms with Crippen molar-refractivity contribution in [1.82, 2.24) is 4.98 Å². The lowest BCUT2D eigenvalue weighted by atomic mass is 9.86. The number of aryl methyl sites for hydroxylation is 1. The highest BCUT2D eigenvalue weighted by atomic mass is 19.1. The Hall–Kier alpha value is -4.39. The summed E-state index contributed by atoms with van der Waals surface area (Å²) in [5, 5.41) is 9.94. The van der Waals surface area contributed by atoms with Crippen molar-refractivity contribution in [2.75, 3.05) is 13.7 Å². The summed E-state index contributed by atoms with van der Waals surface area (Å²) in [6.07, 6.45) is 4.65. The number of ketones is 1. The van der Waals surface area contributed by atoms with Crippen molar-refractivity contribution in [2.24, 2.45) is 0 Å². The van der Waals surface area contributed by atoms with Crippen LogP contribution in [0.15, 0.2) is 72.9 Å². The maximum atomic E-state index is 14.1. The predicted molar refractivity (Wildman–Crippen MR) is 146 cm³/mol. The van der Waals surface area contributed by atoms with Crippen molar-refractivity contribution in [2.45, 2.75) is 32.1 Å². The SMILES string of the molecule is COc1ccc(-c2cccnc2C(CC(=O)C[N+]2=CCc3ccc(O)cc32)Cc2cc(F)cc(F)c2)c(C)c1. The molecular formula is C32H29F2N2O3+. The Labute approximate surface area is 226 Å². The normalized spacial score (nSPS) is 13.1. The molecule has 39 heavy (non-hydrogen) atoms. The minimum absolute atomic E-state index is 0.0487. The van der Waals surface area contributed by atoms with Gasteiger partial charge in [0.1, 0.15) is 23.1 Å². The molecule has 0 aliphatic carbocycles. The van der Waals surface area contributed by atoms with Gasteiger partial charge in [-0.1, -0.05) is 12.1 Å². The summed E-state index contributed by atoms with van der Waals surface area (Å²) < 4.78 is 35.4. The third-order valence-corrected chi connectivity index (χ3v) is 7.08. The maximum Gasteiger partial charge on any atom is 0.212 e. The molecule has 0 fully saturated rings. The lowest BCUT2D eigenvalue weighted by molar-refractivity contribution is -0.420. The molecule has 0 saturated carbocycles. The molecule has 0 spiro atoms. The van der Waals surface area contributed by atoms with Gasteiger partial charge in [-0.2, -0.15) is 4.58 Å². The van der Waals surface area contributed by atoms with E-state index in [0.29, 0.717) is 17.7 Å². The van der Waals surface area contributed by atoms with E-state index in [1.54, 1.807) is 25.4 Å². The molecule has 7 heteroatoms. The highest BCUT2D eigenvalue weighted by Crippen LogP contribution is 2.35. The topological polar surface area (TPSA) is 62.4 Å². The number of phenols is 1. The Balaban J connectivity index is 1.49. The van der Waals surface area contributed by atoms with Crippen LogP contribution in [0.2, 0.25) is 0 Å². The zero-order chi connectivity index (χ0) is 27.5. The molecule has 2 heterocycles. The van der Waals surface area contributed by atoms with E-state index in [9.17, 15) is 18.7 Å². The Morgan fingerprint density at radius 2 is 1.85 bits per heavy atom. The minimum Gasteiger partial charge on any atom is -0.508 e. The fourth-order valence-corrected chi connectivity index (χ4v) is 5.29. The number of aromatic nitrogens is 1. The molecule has 4 aromatic rings. The number of ether oxygens (including phenoxy) is 1. The van der Waals surface area contributed by atoms with Gasteiger partial charge in [-0.05, 0) is 72.5 Å². The summed E-state index contributed by atoms with van der Waals surface area (Å²) in [7, 11) is 1.61. The van der Waals surface area contributed by atoms with Gasteiger partial charge in [0.25, 0.3) is 0 Å². The van der Waals surface area contributed by atoms with Gasteiger partial charge >= 0.3 is 0 Å². The monoisotopic (exact) mass is 527 g/mol. The summed E-state index contributed by atoms with van der Waals surface area (Å²) in [6.45, 7) is 2.10. The summed E-state index contributed by atoms with van der Waals surface area (Å²) in [5.74, 6) is -0.928. The van der Waals surface area contributed by atoms with Gasteiger partial charge in [-0.3, -0.25) is 9.78 Å². The standard InChI is InChI=1S/C32H28F2N2O3/c1-20-12-28(39-2)7-8-29(20)30-4-3-10-35-32(30)23(13-21-14-24(33)17-25(34)15-21)16-27(38)19-36-11-9-22-5-6-26(37)18-31(22)36/h3-8,10-12,14-15,17-18,23H,9,13,16,19H2,1-2H3/p+1. The molecule has 1 N–H and O–H groups in total. The van der Waals surface area contributed by atoms with Crippen LogP contribution in [-0.2, 0) is 17.6 Å². The van der Waals surface area contributed by atoms with Crippen molar-refractivity contribution < 1.29 is 28.0 Å². The number of Topliss-reactive ketones (excluding diaryl/α,β-unsaturated/α-hetero) is 1. The predicted octanol–water partition coefficient (Wildman–Crippen LogP) is 6.31. The zero-order valence-electron chi connectivity index (χ0n) is 21.8. The van der Waals surface area contributed by atoms with Crippen LogP contribution in [0.3, 0.4) is 0 Å². The van der Waals surface area contributed by atoms with E-state index >= 15 is 0 Å². The van der Waals surface area contributed by atoms with Crippen molar-refractivity contribution in [1.29, 1.82) is 0 Å². The van der Waals surface area contributed by atoms with Crippen LogP contribution in [0.1, 0.15) is 34.7 Å². The second kappa shape index (κ2) is 11.2. The Morgan fingerprint density at radius 1 is 1.05 bits per heavy atom. The van der Waals surface area contributed by atoms with E-state index in [1.807, 2.05) is 54.1 Å². The molecule has 3 aromatic carbocycles. The number of hydrogen-bond acceptors (Lipinski definition) is 4.